The Bertz CT molecular complexity index is 3050. The van der Waals surface area contributed by atoms with Gasteiger partial charge in [0.05, 0.1) is 34.2 Å². The molecule has 0 fully saturated rings. The van der Waals surface area contributed by atoms with Gasteiger partial charge in [-0.2, -0.15) is 0 Å². The van der Waals surface area contributed by atoms with Gasteiger partial charge in [0.2, 0.25) is 11.6 Å². The molecule has 20 nitrogen and oxygen atoms in total. The summed E-state index contributed by atoms with van der Waals surface area (Å²) in [4.78, 5) is 114. The molecule has 22 heteroatoms. The van der Waals surface area contributed by atoms with Crippen LogP contribution in [0.2, 0.25) is 0 Å². The van der Waals surface area contributed by atoms with Gasteiger partial charge in [-0.15, -0.1) is 0 Å². The Kier molecular flexibility index (Phi) is 25.0. The highest BCUT2D eigenvalue weighted by Gasteiger charge is 2.21. The summed E-state index contributed by atoms with van der Waals surface area (Å²) in [6.07, 6.45) is 1.35. The van der Waals surface area contributed by atoms with Crippen molar-refractivity contribution in [1.29, 1.82) is 0 Å². The lowest BCUT2D eigenvalue weighted by molar-refractivity contribution is -0.385. The molecular weight excluding hydrogens is 1110 g/mol. The summed E-state index contributed by atoms with van der Waals surface area (Å²) in [7, 11) is 2.99. The van der Waals surface area contributed by atoms with E-state index in [9.17, 15) is 49.0 Å². The fourth-order valence-electron chi connectivity index (χ4n) is 7.94. The highest BCUT2D eigenvalue weighted by Crippen LogP contribution is 2.31. The number of esters is 2. The molecule has 0 aliphatic carbocycles. The molecule has 0 saturated carbocycles. The van der Waals surface area contributed by atoms with Crippen LogP contribution < -0.4 is 0 Å². The summed E-state index contributed by atoms with van der Waals surface area (Å²) in [5.41, 5.74) is 2.53. The molecule has 83 heavy (non-hydrogen) atoms. The summed E-state index contributed by atoms with van der Waals surface area (Å²) in [6, 6.07) is 38.9. The van der Waals surface area contributed by atoms with Crippen molar-refractivity contribution in [2.45, 2.75) is 103 Å². The van der Waals surface area contributed by atoms with E-state index in [1.807, 2.05) is 0 Å². The minimum atomic E-state index is -0.800. The van der Waals surface area contributed by atoms with E-state index in [0.29, 0.717) is 19.3 Å². The van der Waals surface area contributed by atoms with Gasteiger partial charge in [0.15, 0.2) is 0 Å². The lowest BCUT2D eigenvalue weighted by Gasteiger charge is -2.12. The molecule has 2 unspecified atom stereocenters. The highest BCUT2D eigenvalue weighted by atomic mass is 32.2. The van der Waals surface area contributed by atoms with Crippen LogP contribution in [0.25, 0.3) is 0 Å². The van der Waals surface area contributed by atoms with Crippen LogP contribution in [0.4, 0.5) is 11.4 Å². The van der Waals surface area contributed by atoms with Crippen LogP contribution in [0.1, 0.15) is 111 Å². The van der Waals surface area contributed by atoms with Crippen molar-refractivity contribution in [2.75, 3.05) is 27.4 Å². The molecule has 0 aliphatic rings. The second-order valence-electron chi connectivity index (χ2n) is 18.7. The van der Waals surface area contributed by atoms with Gasteiger partial charge in [0.1, 0.15) is 23.6 Å². The molecule has 2 atom stereocenters. The van der Waals surface area contributed by atoms with Gasteiger partial charge in [0.25, 0.3) is 11.4 Å². The van der Waals surface area contributed by atoms with Gasteiger partial charge in [-0.1, -0.05) is 58.1 Å². The Morgan fingerprint density at radius 2 is 0.759 bits per heavy atom. The minimum Gasteiger partial charge on any atom is -0.460 e. The van der Waals surface area contributed by atoms with Crippen molar-refractivity contribution < 1.29 is 67.2 Å². The van der Waals surface area contributed by atoms with Crippen LogP contribution in [-0.2, 0) is 51.1 Å². The van der Waals surface area contributed by atoms with E-state index in [1.54, 1.807) is 135 Å². The quantitative estimate of drug-likeness (QED) is 0.00948. The van der Waals surface area contributed by atoms with E-state index in [2.05, 4.69) is 10.3 Å². The maximum absolute atomic E-state index is 13.8. The topological polar surface area (TPSA) is 269 Å². The SMILES string of the molecule is COCC(C)OC(=O)CCC/C(=N\OC(=O)c1ccc(CCCc2ccc(C(=O)O/N=C(\CCCC(=O)OC(C)COC)C(=O)c3ccc(Sc4ccc([N+](=O)[O-])cc4)cc3)cc2)cc1)C(=O)c1ccc(Sc2ccc([N+](=O)[O-])cc2)cc1. The number of carbonyl (C=O) groups excluding carboxylic acids is 6. The fourth-order valence-corrected chi connectivity index (χ4v) is 9.57. The number of carbonyl (C=O) groups is 6. The lowest BCUT2D eigenvalue weighted by atomic mass is 10.0. The van der Waals surface area contributed by atoms with Crippen molar-refractivity contribution >= 4 is 81.8 Å². The number of aryl methyl sites for hydroxylation is 2. The van der Waals surface area contributed by atoms with Crippen LogP contribution in [0.15, 0.2) is 175 Å². The number of hydrogen-bond acceptors (Lipinski definition) is 20. The number of ether oxygens (including phenoxy) is 4. The maximum Gasteiger partial charge on any atom is 0.365 e. The predicted molar refractivity (Wildman–Crippen MR) is 309 cm³/mol. The van der Waals surface area contributed by atoms with E-state index in [1.165, 1.54) is 62.0 Å². The number of rotatable bonds is 32. The third-order valence-electron chi connectivity index (χ3n) is 12.2. The van der Waals surface area contributed by atoms with Crippen molar-refractivity contribution in [3.05, 3.63) is 199 Å². The summed E-state index contributed by atoms with van der Waals surface area (Å²) < 4.78 is 20.7. The number of nitro benzene ring substituents is 2. The Morgan fingerprint density at radius 1 is 0.446 bits per heavy atom. The number of methoxy groups -OCH3 is 2. The van der Waals surface area contributed by atoms with Gasteiger partial charge in [-0.3, -0.25) is 39.4 Å². The number of nitrogens with zero attached hydrogens (tertiary/aromatic N) is 4. The summed E-state index contributed by atoms with van der Waals surface area (Å²) >= 11 is 2.70. The van der Waals surface area contributed by atoms with Crippen molar-refractivity contribution in [1.82, 2.24) is 0 Å². The molecule has 0 aliphatic heterocycles. The Balaban J connectivity index is 1.03. The number of non-ortho nitro benzene ring substituents is 2. The summed E-state index contributed by atoms with van der Waals surface area (Å²) in [5.74, 6) is -3.60. The molecule has 6 aromatic carbocycles. The molecule has 0 aromatic heterocycles. The van der Waals surface area contributed by atoms with Gasteiger partial charge >= 0.3 is 23.9 Å². The zero-order chi connectivity index (χ0) is 59.7. The second kappa shape index (κ2) is 32.7. The first-order valence-corrected chi connectivity index (χ1v) is 27.9. The van der Waals surface area contributed by atoms with Crippen LogP contribution in [0.3, 0.4) is 0 Å². The standard InChI is InChI=1S/C61H60N4O16S2/c1-40(38-76-3)78-56(66)12-6-10-54(58(68)44-22-30-50(31-23-44)82-52-34-26-48(27-35-52)64(72)73)62-80-60(70)46-18-14-42(15-19-46)8-5-9-43-16-20-47(21-17-43)61(71)81-63-55(11-7-13-57(67)79-41(2)39-77-4)59(69)45-24-32-51(33-25-45)83-53-36-28-49(29-37-53)65(74)75/h14-37,40-41H,5-13,38-39H2,1-4H3/b62-54+,63-55+. The fraction of sp³-hybridized carbons (Fsp3) is 0.279. The summed E-state index contributed by atoms with van der Waals surface area (Å²) in [5, 5.41) is 30.1. The van der Waals surface area contributed by atoms with Crippen LogP contribution in [0.5, 0.6) is 0 Å². The molecule has 0 heterocycles. The van der Waals surface area contributed by atoms with Crippen molar-refractivity contribution in [3.63, 3.8) is 0 Å². The number of oxime groups is 2. The average molecular weight is 1170 g/mol. The molecule has 0 N–H and O–H groups in total. The second-order valence-corrected chi connectivity index (χ2v) is 21.0. The first kappa shape index (κ1) is 63.5. The predicted octanol–water partition coefficient (Wildman–Crippen LogP) is 12.3. The van der Waals surface area contributed by atoms with Crippen molar-refractivity contribution in [2.24, 2.45) is 10.3 Å². The summed E-state index contributed by atoms with van der Waals surface area (Å²) in [6.45, 7) is 3.82. The Morgan fingerprint density at radius 3 is 1.07 bits per heavy atom. The average Bonchev–Trinajstić information content (AvgIpc) is 3.53. The zero-order valence-electron chi connectivity index (χ0n) is 45.9. The van der Waals surface area contributed by atoms with Gasteiger partial charge in [-0.25, -0.2) is 9.59 Å². The van der Waals surface area contributed by atoms with Gasteiger partial charge in [-0.05, 0) is 167 Å². The first-order chi connectivity index (χ1) is 40.0. The first-order valence-electron chi connectivity index (χ1n) is 26.2. The monoisotopic (exact) mass is 1170 g/mol. The minimum absolute atomic E-state index is 0.00451. The Hall–Kier alpha value is -8.70. The smallest absolute Gasteiger partial charge is 0.365 e. The number of nitro groups is 2. The van der Waals surface area contributed by atoms with Gasteiger partial charge in [0, 0.05) is 82.0 Å². The highest BCUT2D eigenvalue weighted by molar-refractivity contribution is 7.99. The van der Waals surface area contributed by atoms with Crippen LogP contribution >= 0.6 is 23.5 Å². The van der Waals surface area contributed by atoms with E-state index >= 15 is 0 Å². The third-order valence-corrected chi connectivity index (χ3v) is 14.2. The Labute approximate surface area is 487 Å². The van der Waals surface area contributed by atoms with Crippen molar-refractivity contribution in [3.8, 4) is 0 Å². The molecule has 0 saturated heterocycles. The molecule has 0 amide bonds. The van der Waals surface area contributed by atoms with E-state index in [-0.39, 0.29) is 96.8 Å². The number of Topliss-reactive ketones (excluding diaryl/α,β-unsaturated/α-hetero) is 2. The van der Waals surface area contributed by atoms with E-state index in [0.717, 1.165) is 30.7 Å². The normalized spacial score (nSPS) is 12.1. The molecule has 6 rings (SSSR count). The zero-order valence-corrected chi connectivity index (χ0v) is 47.6. The molecule has 0 radical (unpaired) electrons. The van der Waals surface area contributed by atoms with Gasteiger partial charge < -0.3 is 28.6 Å². The third kappa shape index (κ3) is 21.0. The number of benzene rings is 6. The lowest BCUT2D eigenvalue weighted by Crippen LogP contribution is -2.20. The maximum atomic E-state index is 13.8. The molecule has 0 bridgehead atoms. The van der Waals surface area contributed by atoms with Crippen LogP contribution in [-0.4, -0.2) is 96.4 Å². The number of hydrogen-bond donors (Lipinski definition) is 0. The molecule has 6 aromatic rings. The molecular formula is C61H60N4O16S2. The molecule has 432 valence electrons. The largest absolute Gasteiger partial charge is 0.460 e. The molecule has 0 spiro atoms. The van der Waals surface area contributed by atoms with Crippen LogP contribution in [0, 0.1) is 20.2 Å². The number of ketones is 2. The van der Waals surface area contributed by atoms with E-state index < -0.39 is 57.5 Å². The van der Waals surface area contributed by atoms with E-state index in [4.69, 9.17) is 28.6 Å².